The van der Waals surface area contributed by atoms with E-state index in [1.807, 2.05) is 24.3 Å². The second-order valence-corrected chi connectivity index (χ2v) is 9.10. The molecule has 0 aromatic heterocycles. The molecule has 0 spiro atoms. The van der Waals surface area contributed by atoms with Gasteiger partial charge in [-0.1, -0.05) is 0 Å². The number of hydrogen-bond acceptors (Lipinski definition) is 5. The summed E-state index contributed by atoms with van der Waals surface area (Å²) < 4.78 is 5.24. The van der Waals surface area contributed by atoms with Crippen molar-refractivity contribution in [2.75, 3.05) is 56.2 Å². The van der Waals surface area contributed by atoms with E-state index in [1.54, 1.807) is 7.11 Å². The van der Waals surface area contributed by atoms with Crippen molar-refractivity contribution in [2.45, 2.75) is 38.8 Å². The molecule has 1 amide bonds. The normalized spacial score (nSPS) is 18.1. The summed E-state index contributed by atoms with van der Waals surface area (Å²) in [5, 5.41) is 3.24. The number of rotatable bonds is 6. The van der Waals surface area contributed by atoms with Gasteiger partial charge in [0.05, 0.1) is 7.11 Å². The summed E-state index contributed by atoms with van der Waals surface area (Å²) in [6, 6.07) is 17.1. The summed E-state index contributed by atoms with van der Waals surface area (Å²) in [6.45, 7) is 10.7. The summed E-state index contributed by atoms with van der Waals surface area (Å²) in [6.07, 6.45) is 1.91. The van der Waals surface area contributed by atoms with E-state index >= 15 is 0 Å². The molecule has 2 aliphatic rings. The highest BCUT2D eigenvalue weighted by Gasteiger charge is 2.22. The molecule has 0 bridgehead atoms. The monoisotopic (exact) mass is 436 g/mol. The largest absolute Gasteiger partial charge is 0.497 e. The topological polar surface area (TPSA) is 48.1 Å². The second-order valence-electron chi connectivity index (χ2n) is 9.10. The van der Waals surface area contributed by atoms with Crippen LogP contribution in [0, 0.1) is 0 Å². The number of piperazine rings is 1. The third-order valence-corrected chi connectivity index (χ3v) is 6.81. The van der Waals surface area contributed by atoms with E-state index in [0.717, 1.165) is 63.4 Å². The van der Waals surface area contributed by atoms with Gasteiger partial charge in [-0.3, -0.25) is 9.69 Å². The summed E-state index contributed by atoms with van der Waals surface area (Å²) in [5.41, 5.74) is 3.16. The van der Waals surface area contributed by atoms with Crippen LogP contribution in [0.5, 0.6) is 5.75 Å². The maximum atomic E-state index is 12.8. The number of nitrogens with zero attached hydrogens (tertiary/aromatic N) is 3. The molecule has 1 N–H and O–H groups in total. The van der Waals surface area contributed by atoms with Crippen molar-refractivity contribution in [1.82, 2.24) is 10.2 Å². The van der Waals surface area contributed by atoms with Crippen LogP contribution in [0.25, 0.3) is 0 Å². The molecule has 0 aliphatic carbocycles. The Kier molecular flexibility index (Phi) is 7.20. The number of nitrogens with one attached hydrogen (secondary N) is 1. The smallest absolute Gasteiger partial charge is 0.251 e. The Morgan fingerprint density at radius 1 is 0.844 bits per heavy atom. The van der Waals surface area contributed by atoms with Gasteiger partial charge in [-0.25, -0.2) is 0 Å². The number of carbonyl (C=O) groups is 1. The van der Waals surface area contributed by atoms with Gasteiger partial charge in [-0.2, -0.15) is 0 Å². The predicted octanol–water partition coefficient (Wildman–Crippen LogP) is 3.62. The van der Waals surface area contributed by atoms with Gasteiger partial charge >= 0.3 is 0 Å². The van der Waals surface area contributed by atoms with Crippen molar-refractivity contribution >= 4 is 17.3 Å². The number of ether oxygens (including phenoxy) is 1. The van der Waals surface area contributed by atoms with Crippen LogP contribution in [0.3, 0.4) is 0 Å². The second kappa shape index (κ2) is 10.3. The molecule has 6 nitrogen and oxygen atoms in total. The van der Waals surface area contributed by atoms with E-state index in [0.29, 0.717) is 6.04 Å². The van der Waals surface area contributed by atoms with Crippen LogP contribution in [-0.4, -0.2) is 69.3 Å². The molecule has 2 heterocycles. The van der Waals surface area contributed by atoms with E-state index in [4.69, 9.17) is 4.74 Å². The van der Waals surface area contributed by atoms with Gasteiger partial charge in [0.1, 0.15) is 5.75 Å². The Labute approximate surface area is 192 Å². The average Bonchev–Trinajstić information content (AvgIpc) is 2.85. The predicted molar refractivity (Wildman–Crippen MR) is 131 cm³/mol. The van der Waals surface area contributed by atoms with Gasteiger partial charge in [-0.05, 0) is 75.2 Å². The maximum Gasteiger partial charge on any atom is 0.251 e. The van der Waals surface area contributed by atoms with Crippen molar-refractivity contribution < 1.29 is 9.53 Å². The van der Waals surface area contributed by atoms with Crippen LogP contribution in [0.2, 0.25) is 0 Å². The highest BCUT2D eigenvalue weighted by Crippen LogP contribution is 2.23. The van der Waals surface area contributed by atoms with Crippen molar-refractivity contribution in [3.63, 3.8) is 0 Å². The van der Waals surface area contributed by atoms with E-state index in [-0.39, 0.29) is 11.9 Å². The number of carbonyl (C=O) groups excluding carboxylic acids is 1. The minimum atomic E-state index is 0.0316. The summed E-state index contributed by atoms with van der Waals surface area (Å²) >= 11 is 0. The first-order chi connectivity index (χ1) is 15.5. The van der Waals surface area contributed by atoms with Gasteiger partial charge in [0.15, 0.2) is 0 Å². The van der Waals surface area contributed by atoms with Crippen LogP contribution in [0.15, 0.2) is 48.5 Å². The molecule has 2 fully saturated rings. The molecular weight excluding hydrogens is 400 g/mol. The minimum Gasteiger partial charge on any atom is -0.497 e. The van der Waals surface area contributed by atoms with E-state index in [1.165, 1.54) is 11.4 Å². The first-order valence-electron chi connectivity index (χ1n) is 11.8. The minimum absolute atomic E-state index is 0.0316. The van der Waals surface area contributed by atoms with Crippen LogP contribution in [-0.2, 0) is 0 Å². The maximum absolute atomic E-state index is 12.8. The Morgan fingerprint density at radius 3 is 1.91 bits per heavy atom. The Hall–Kier alpha value is -2.73. The zero-order chi connectivity index (χ0) is 22.5. The lowest BCUT2D eigenvalue weighted by molar-refractivity contribution is 0.0931. The SMILES string of the molecule is COc1ccc(N2CCC(NC(=O)c3ccc(N4CCN(C(C)C)CC4)cc3)CC2)cc1. The van der Waals surface area contributed by atoms with Crippen molar-refractivity contribution in [3.05, 3.63) is 54.1 Å². The van der Waals surface area contributed by atoms with Gasteiger partial charge in [0, 0.05) is 68.3 Å². The third kappa shape index (κ3) is 5.36. The van der Waals surface area contributed by atoms with E-state index < -0.39 is 0 Å². The molecule has 2 aromatic rings. The molecule has 2 aromatic carbocycles. The number of methoxy groups -OCH3 is 1. The number of anilines is 2. The first kappa shape index (κ1) is 22.5. The van der Waals surface area contributed by atoms with Gasteiger partial charge in [0.25, 0.3) is 5.91 Å². The molecule has 6 heteroatoms. The van der Waals surface area contributed by atoms with Crippen LogP contribution >= 0.6 is 0 Å². The van der Waals surface area contributed by atoms with Gasteiger partial charge in [0.2, 0.25) is 0 Å². The Bertz CT molecular complexity index is 866. The van der Waals surface area contributed by atoms with Crippen molar-refractivity contribution in [1.29, 1.82) is 0 Å². The molecule has 172 valence electrons. The molecule has 2 saturated heterocycles. The molecule has 32 heavy (non-hydrogen) atoms. The number of piperidine rings is 1. The van der Waals surface area contributed by atoms with Crippen LogP contribution < -0.4 is 19.9 Å². The van der Waals surface area contributed by atoms with Crippen molar-refractivity contribution in [2.24, 2.45) is 0 Å². The quantitative estimate of drug-likeness (QED) is 0.750. The lowest BCUT2D eigenvalue weighted by Gasteiger charge is -2.38. The van der Waals surface area contributed by atoms with Gasteiger partial charge in [-0.15, -0.1) is 0 Å². The molecule has 0 unspecified atom stereocenters. The first-order valence-corrected chi connectivity index (χ1v) is 11.8. The molecule has 0 atom stereocenters. The zero-order valence-corrected chi connectivity index (χ0v) is 19.6. The Balaban J connectivity index is 1.25. The lowest BCUT2D eigenvalue weighted by Crippen LogP contribution is -2.48. The fraction of sp³-hybridized carbons (Fsp3) is 0.500. The fourth-order valence-electron chi connectivity index (χ4n) is 4.66. The van der Waals surface area contributed by atoms with Gasteiger partial charge < -0.3 is 19.9 Å². The summed E-state index contributed by atoms with van der Waals surface area (Å²) in [5.74, 6) is 0.906. The number of amides is 1. The molecule has 0 radical (unpaired) electrons. The summed E-state index contributed by atoms with van der Waals surface area (Å²) in [7, 11) is 1.69. The van der Waals surface area contributed by atoms with Crippen molar-refractivity contribution in [3.8, 4) is 5.75 Å². The molecule has 4 rings (SSSR count). The Morgan fingerprint density at radius 2 is 1.38 bits per heavy atom. The molecular formula is C26H36N4O2. The average molecular weight is 437 g/mol. The third-order valence-electron chi connectivity index (χ3n) is 6.81. The number of hydrogen-bond donors (Lipinski definition) is 1. The molecule has 2 aliphatic heterocycles. The number of benzene rings is 2. The summed E-state index contributed by atoms with van der Waals surface area (Å²) in [4.78, 5) is 20.1. The van der Waals surface area contributed by atoms with E-state index in [2.05, 4.69) is 58.1 Å². The van der Waals surface area contributed by atoms with Crippen LogP contribution in [0.1, 0.15) is 37.0 Å². The van der Waals surface area contributed by atoms with E-state index in [9.17, 15) is 4.79 Å². The fourth-order valence-corrected chi connectivity index (χ4v) is 4.66. The highest BCUT2D eigenvalue weighted by atomic mass is 16.5. The lowest BCUT2D eigenvalue weighted by atomic mass is 10.0. The molecule has 0 saturated carbocycles. The highest BCUT2D eigenvalue weighted by molar-refractivity contribution is 5.94. The zero-order valence-electron chi connectivity index (χ0n) is 19.6. The van der Waals surface area contributed by atoms with Crippen LogP contribution in [0.4, 0.5) is 11.4 Å². The standard InChI is InChI=1S/C26H36N4O2/c1-20(2)28-16-18-30(19-17-28)23-6-4-21(5-7-23)26(31)27-22-12-14-29(15-13-22)24-8-10-25(32-3)11-9-24/h4-11,20,22H,12-19H2,1-3H3,(H,27,31).